The zero-order valence-corrected chi connectivity index (χ0v) is 6.91. The summed E-state index contributed by atoms with van der Waals surface area (Å²) >= 11 is 0. The molecule has 0 unspecified atom stereocenters. The second kappa shape index (κ2) is 5.41. The lowest BCUT2D eigenvalue weighted by Gasteiger charge is -1.98. The second-order valence-electron chi connectivity index (χ2n) is 2.11. The first-order valence-electron chi connectivity index (χ1n) is 3.36. The summed E-state index contributed by atoms with van der Waals surface area (Å²) in [7, 11) is 0. The Kier molecular flexibility index (Phi) is 4.55. The van der Waals surface area contributed by atoms with Crippen LogP contribution in [0.3, 0.4) is 0 Å². The van der Waals surface area contributed by atoms with Gasteiger partial charge in [-0.25, -0.2) is 4.79 Å². The molecule has 0 bridgehead atoms. The lowest BCUT2D eigenvalue weighted by Crippen LogP contribution is -1.95. The summed E-state index contributed by atoms with van der Waals surface area (Å²) in [5.74, 6) is -1.80. The number of aromatic carboxylic acids is 1. The van der Waals surface area contributed by atoms with Crippen LogP contribution in [0.2, 0.25) is 0 Å². The van der Waals surface area contributed by atoms with Crippen LogP contribution >= 0.6 is 0 Å². The number of carbonyl (C=O) groups is 2. The van der Waals surface area contributed by atoms with E-state index in [4.69, 9.17) is 25.2 Å². The Hall–Kier alpha value is -2.24. The van der Waals surface area contributed by atoms with Crippen LogP contribution in [0, 0.1) is 0 Å². The molecule has 0 aliphatic heterocycles. The normalized spacial score (nSPS) is 8.29. The first kappa shape index (κ1) is 11.8. The van der Waals surface area contributed by atoms with E-state index in [0.29, 0.717) is 0 Å². The molecule has 6 nitrogen and oxygen atoms in total. The van der Waals surface area contributed by atoms with Gasteiger partial charge in [0.2, 0.25) is 0 Å². The Balaban J connectivity index is 0.000000500. The molecule has 6 heteroatoms. The highest BCUT2D eigenvalue weighted by molar-refractivity contribution is 5.91. The van der Waals surface area contributed by atoms with E-state index in [1.54, 1.807) is 0 Å². The smallest absolute Gasteiger partial charge is 0.339 e. The number of aromatic hydroxyl groups is 2. The van der Waals surface area contributed by atoms with Crippen LogP contribution in [0.25, 0.3) is 0 Å². The number of carboxylic acids is 1. The summed E-state index contributed by atoms with van der Waals surface area (Å²) in [5.41, 5.74) is -0.301. The van der Waals surface area contributed by atoms with Crippen molar-refractivity contribution in [1.82, 2.24) is 0 Å². The SMILES string of the molecule is O=C(O)c1cc(O)ccc1O.O=CO. The van der Waals surface area contributed by atoms with Crippen molar-refractivity contribution in [1.29, 1.82) is 0 Å². The number of carboxylic acid groups (broad SMARTS) is 2. The fraction of sp³-hybridized carbons (Fsp3) is 0. The molecule has 1 aromatic rings. The molecule has 0 fully saturated rings. The standard InChI is InChI=1S/C7H6O4.CH2O2/c8-4-1-2-6(9)5(3-4)7(10)11;2-1-3/h1-3,8-9H,(H,10,11);1H,(H,2,3). The molecule has 0 aliphatic rings. The number of hydrogen-bond acceptors (Lipinski definition) is 4. The second-order valence-corrected chi connectivity index (χ2v) is 2.11. The summed E-state index contributed by atoms with van der Waals surface area (Å²) in [6.45, 7) is -0.250. The molecule has 0 saturated carbocycles. The molecular formula is C8H8O6. The van der Waals surface area contributed by atoms with Crippen molar-refractivity contribution < 1.29 is 30.0 Å². The van der Waals surface area contributed by atoms with Gasteiger partial charge in [-0.3, -0.25) is 4.79 Å². The molecule has 0 spiro atoms. The van der Waals surface area contributed by atoms with Crippen LogP contribution in [-0.4, -0.2) is 32.9 Å². The average Bonchev–Trinajstić information content (AvgIpc) is 2.10. The van der Waals surface area contributed by atoms with Gasteiger partial charge in [0.1, 0.15) is 17.1 Å². The molecule has 4 N–H and O–H groups in total. The van der Waals surface area contributed by atoms with E-state index in [9.17, 15) is 4.79 Å². The summed E-state index contributed by atoms with van der Waals surface area (Å²) in [5, 5.41) is 33.0. The number of rotatable bonds is 1. The van der Waals surface area contributed by atoms with Crippen molar-refractivity contribution in [3.8, 4) is 11.5 Å². The third-order valence-corrected chi connectivity index (χ3v) is 1.21. The fourth-order valence-electron chi connectivity index (χ4n) is 0.695. The number of benzene rings is 1. The summed E-state index contributed by atoms with van der Waals surface area (Å²) < 4.78 is 0. The summed E-state index contributed by atoms with van der Waals surface area (Å²) in [6.07, 6.45) is 0. The fourth-order valence-corrected chi connectivity index (χ4v) is 0.695. The van der Waals surface area contributed by atoms with Gasteiger partial charge < -0.3 is 20.4 Å². The zero-order valence-electron chi connectivity index (χ0n) is 6.91. The van der Waals surface area contributed by atoms with Crippen LogP contribution in [0.15, 0.2) is 18.2 Å². The molecule has 1 aromatic carbocycles. The number of phenols is 2. The third-order valence-electron chi connectivity index (χ3n) is 1.21. The maximum atomic E-state index is 10.3. The minimum absolute atomic E-state index is 0.180. The van der Waals surface area contributed by atoms with E-state index in [2.05, 4.69) is 0 Å². The summed E-state index contributed by atoms with van der Waals surface area (Å²) in [4.78, 5) is 18.7. The first-order chi connectivity index (χ1) is 6.52. The van der Waals surface area contributed by atoms with Gasteiger partial charge in [-0.1, -0.05) is 0 Å². The molecule has 0 aliphatic carbocycles. The van der Waals surface area contributed by atoms with Crippen LogP contribution in [-0.2, 0) is 4.79 Å². The van der Waals surface area contributed by atoms with Crippen LogP contribution in [0.1, 0.15) is 10.4 Å². The van der Waals surface area contributed by atoms with Crippen molar-refractivity contribution in [2.45, 2.75) is 0 Å². The Morgan fingerprint density at radius 3 is 2.14 bits per heavy atom. The molecule has 14 heavy (non-hydrogen) atoms. The molecule has 1 rings (SSSR count). The van der Waals surface area contributed by atoms with Gasteiger partial charge in [-0.2, -0.15) is 0 Å². The quantitative estimate of drug-likeness (QED) is 0.387. The van der Waals surface area contributed by atoms with E-state index in [0.717, 1.165) is 12.1 Å². The first-order valence-corrected chi connectivity index (χ1v) is 3.36. The highest BCUT2D eigenvalue weighted by Gasteiger charge is 2.08. The van der Waals surface area contributed by atoms with Crippen molar-refractivity contribution in [3.63, 3.8) is 0 Å². The molecule has 0 heterocycles. The maximum absolute atomic E-state index is 10.3. The van der Waals surface area contributed by atoms with Crippen LogP contribution in [0.5, 0.6) is 11.5 Å². The van der Waals surface area contributed by atoms with Crippen molar-refractivity contribution in [2.24, 2.45) is 0 Å². The van der Waals surface area contributed by atoms with Crippen molar-refractivity contribution in [2.75, 3.05) is 0 Å². The Morgan fingerprint density at radius 1 is 1.29 bits per heavy atom. The molecule has 0 aromatic heterocycles. The maximum Gasteiger partial charge on any atom is 0.339 e. The molecule has 76 valence electrons. The van der Waals surface area contributed by atoms with Gasteiger partial charge in [0.05, 0.1) is 0 Å². The lowest BCUT2D eigenvalue weighted by atomic mass is 10.2. The molecular weight excluding hydrogens is 192 g/mol. The number of phenolic OH excluding ortho intramolecular Hbond substituents is 1. The van der Waals surface area contributed by atoms with Crippen molar-refractivity contribution >= 4 is 12.4 Å². The van der Waals surface area contributed by atoms with Crippen LogP contribution < -0.4 is 0 Å². The van der Waals surface area contributed by atoms with Crippen LogP contribution in [0.4, 0.5) is 0 Å². The Morgan fingerprint density at radius 2 is 1.79 bits per heavy atom. The highest BCUT2D eigenvalue weighted by atomic mass is 16.4. The van der Waals surface area contributed by atoms with Gasteiger partial charge in [-0.05, 0) is 18.2 Å². The van der Waals surface area contributed by atoms with Gasteiger partial charge in [0.25, 0.3) is 6.47 Å². The third kappa shape index (κ3) is 3.44. The van der Waals surface area contributed by atoms with E-state index in [1.165, 1.54) is 6.07 Å². The predicted molar refractivity (Wildman–Crippen MR) is 45.4 cm³/mol. The average molecular weight is 200 g/mol. The van der Waals surface area contributed by atoms with Gasteiger partial charge in [-0.15, -0.1) is 0 Å². The largest absolute Gasteiger partial charge is 0.508 e. The molecule has 0 atom stereocenters. The van der Waals surface area contributed by atoms with Crippen molar-refractivity contribution in [3.05, 3.63) is 23.8 Å². The number of hydrogen-bond donors (Lipinski definition) is 4. The molecule has 0 radical (unpaired) electrons. The summed E-state index contributed by atoms with van der Waals surface area (Å²) in [6, 6.07) is 3.32. The minimum Gasteiger partial charge on any atom is -0.508 e. The zero-order chi connectivity index (χ0) is 11.1. The van der Waals surface area contributed by atoms with E-state index in [-0.39, 0.29) is 23.5 Å². The molecule has 0 amide bonds. The Labute approximate surface area is 78.7 Å². The predicted octanol–water partition coefficient (Wildman–Crippen LogP) is 0.497. The van der Waals surface area contributed by atoms with E-state index >= 15 is 0 Å². The lowest BCUT2D eigenvalue weighted by molar-refractivity contribution is -0.122. The monoisotopic (exact) mass is 200 g/mol. The highest BCUT2D eigenvalue weighted by Crippen LogP contribution is 2.21. The minimum atomic E-state index is -1.27. The Bertz CT molecular complexity index is 333. The topological polar surface area (TPSA) is 115 Å². The molecule has 0 saturated heterocycles. The van der Waals surface area contributed by atoms with Gasteiger partial charge in [0.15, 0.2) is 0 Å². The van der Waals surface area contributed by atoms with Gasteiger partial charge >= 0.3 is 5.97 Å². The van der Waals surface area contributed by atoms with E-state index < -0.39 is 5.97 Å². The van der Waals surface area contributed by atoms with Gasteiger partial charge in [0, 0.05) is 0 Å². The van der Waals surface area contributed by atoms with E-state index in [1.807, 2.05) is 0 Å².